The minimum atomic E-state index is -3.69. The van der Waals surface area contributed by atoms with Gasteiger partial charge in [-0.1, -0.05) is 39.0 Å². The fraction of sp³-hybridized carbons (Fsp3) is 0.421. The van der Waals surface area contributed by atoms with Crippen LogP contribution in [0.5, 0.6) is 0 Å². The van der Waals surface area contributed by atoms with E-state index in [1.54, 1.807) is 16.6 Å². The number of sulfonamides is 1. The molecule has 0 saturated heterocycles. The van der Waals surface area contributed by atoms with Crippen molar-refractivity contribution in [3.63, 3.8) is 0 Å². The number of hydrogen-bond acceptors (Lipinski definition) is 6. The molecule has 0 unspecified atom stereocenters. The molecule has 1 aliphatic rings. The molecule has 1 aromatic carbocycles. The molecule has 0 spiro atoms. The van der Waals surface area contributed by atoms with E-state index in [1.165, 1.54) is 50.6 Å². The second-order valence-electron chi connectivity index (χ2n) is 7.19. The van der Waals surface area contributed by atoms with Gasteiger partial charge in [0, 0.05) is 17.4 Å². The van der Waals surface area contributed by atoms with E-state index in [9.17, 15) is 8.42 Å². The number of nitrogens with zero attached hydrogens (tertiary/aromatic N) is 4. The van der Waals surface area contributed by atoms with Crippen molar-refractivity contribution in [3.8, 4) is 0 Å². The predicted octanol–water partition coefficient (Wildman–Crippen LogP) is 3.41. The minimum absolute atomic E-state index is 0.0601. The third-order valence-electron chi connectivity index (χ3n) is 4.73. The summed E-state index contributed by atoms with van der Waals surface area (Å²) >= 11 is 0. The van der Waals surface area contributed by atoms with Crippen LogP contribution in [0.4, 0.5) is 11.5 Å². The molecule has 2 aromatic heterocycles. The highest BCUT2D eigenvalue weighted by molar-refractivity contribution is 7.89. The molecule has 3 N–H and O–H groups in total. The number of aryl methyl sites for hydroxylation is 1. The lowest BCUT2D eigenvalue weighted by Gasteiger charge is -2.15. The molecule has 0 bridgehead atoms. The molecule has 8 nitrogen and oxygen atoms in total. The fourth-order valence-electron chi connectivity index (χ4n) is 3.20. The van der Waals surface area contributed by atoms with Gasteiger partial charge in [0.25, 0.3) is 5.78 Å². The Hall–Kier alpha value is -2.52. The minimum Gasteiger partial charge on any atom is -0.340 e. The van der Waals surface area contributed by atoms with Gasteiger partial charge in [-0.15, -0.1) is 0 Å². The van der Waals surface area contributed by atoms with Gasteiger partial charge in [0.1, 0.15) is 12.1 Å². The summed E-state index contributed by atoms with van der Waals surface area (Å²) < 4.78 is 24.0. The largest absolute Gasteiger partial charge is 0.340 e. The number of aromatic nitrogens is 4. The third kappa shape index (κ3) is 5.26. The molecule has 2 heterocycles. The predicted molar refractivity (Wildman–Crippen MR) is 109 cm³/mol. The van der Waals surface area contributed by atoms with E-state index in [0.29, 0.717) is 17.3 Å². The van der Waals surface area contributed by atoms with Crippen LogP contribution < -0.4 is 10.5 Å². The van der Waals surface area contributed by atoms with Crippen LogP contribution in [-0.2, 0) is 10.0 Å². The number of hydrogen-bond donors (Lipinski definition) is 2. The number of fused-ring (bicyclic) bond motifs is 1. The number of nitrogens with two attached hydrogens (primary N) is 1. The Balaban J connectivity index is 0.000000271. The van der Waals surface area contributed by atoms with E-state index in [1.807, 2.05) is 13.0 Å². The van der Waals surface area contributed by atoms with Crippen molar-refractivity contribution in [3.05, 3.63) is 42.4 Å². The number of nitrogens with one attached hydrogen (secondary N) is 1. The topological polar surface area (TPSA) is 115 Å². The summed E-state index contributed by atoms with van der Waals surface area (Å²) in [7, 11) is -3.69. The smallest absolute Gasteiger partial charge is 0.254 e. The maximum absolute atomic E-state index is 11.2. The van der Waals surface area contributed by atoms with Crippen molar-refractivity contribution in [2.24, 2.45) is 11.1 Å². The van der Waals surface area contributed by atoms with Crippen LogP contribution in [0, 0.1) is 12.8 Å². The number of rotatable bonds is 3. The Morgan fingerprint density at radius 3 is 2.39 bits per heavy atom. The molecule has 1 saturated carbocycles. The first kappa shape index (κ1) is 20.2. The lowest BCUT2D eigenvalue weighted by Crippen LogP contribution is -2.11. The van der Waals surface area contributed by atoms with E-state index < -0.39 is 10.0 Å². The van der Waals surface area contributed by atoms with Crippen molar-refractivity contribution in [2.45, 2.75) is 50.8 Å². The Labute approximate surface area is 165 Å². The summed E-state index contributed by atoms with van der Waals surface area (Å²) in [6.07, 6.45) is 8.85. The van der Waals surface area contributed by atoms with E-state index >= 15 is 0 Å². The second-order valence-corrected chi connectivity index (χ2v) is 8.75. The standard InChI is InChI=1S/C12H12N6O2S.C7H14/c1-8-6-11(18-12(16-8)14-7-15-18)17-9-2-4-10(5-3-9)21(13,19)20;1-7-5-3-2-4-6-7/h2-7,17H,1H3,(H2,13,19,20);7H,2-6H2,1H3. The third-order valence-corrected chi connectivity index (χ3v) is 5.66. The summed E-state index contributed by atoms with van der Waals surface area (Å²) in [5, 5.41) is 12.3. The van der Waals surface area contributed by atoms with E-state index in [-0.39, 0.29) is 4.90 Å². The molecule has 0 amide bonds. The molecule has 4 rings (SSSR count). The van der Waals surface area contributed by atoms with Crippen LogP contribution >= 0.6 is 0 Å². The van der Waals surface area contributed by atoms with Gasteiger partial charge in [0.05, 0.1) is 4.90 Å². The molecule has 0 aliphatic heterocycles. The molecular weight excluding hydrogens is 376 g/mol. The highest BCUT2D eigenvalue weighted by atomic mass is 32.2. The normalized spacial score (nSPS) is 15.1. The Morgan fingerprint density at radius 1 is 1.14 bits per heavy atom. The highest BCUT2D eigenvalue weighted by Crippen LogP contribution is 2.22. The average Bonchev–Trinajstić information content (AvgIpc) is 3.11. The summed E-state index contributed by atoms with van der Waals surface area (Å²) in [6.45, 7) is 4.21. The van der Waals surface area contributed by atoms with Gasteiger partial charge in [0.15, 0.2) is 0 Å². The quantitative estimate of drug-likeness (QED) is 0.694. The molecule has 150 valence electrons. The zero-order chi connectivity index (χ0) is 20.1. The second kappa shape index (κ2) is 8.66. The molecule has 3 aromatic rings. The van der Waals surface area contributed by atoms with Gasteiger partial charge in [-0.25, -0.2) is 18.5 Å². The first-order chi connectivity index (χ1) is 13.3. The summed E-state index contributed by atoms with van der Waals surface area (Å²) in [5.74, 6) is 2.20. The number of benzene rings is 1. The average molecular weight is 403 g/mol. The first-order valence-electron chi connectivity index (χ1n) is 9.40. The molecule has 1 aliphatic carbocycles. The van der Waals surface area contributed by atoms with E-state index in [2.05, 4.69) is 27.3 Å². The van der Waals surface area contributed by atoms with Crippen LogP contribution in [0.3, 0.4) is 0 Å². The Bertz CT molecular complexity index is 1020. The molecule has 9 heteroatoms. The maximum Gasteiger partial charge on any atom is 0.254 e. The number of primary sulfonamides is 1. The van der Waals surface area contributed by atoms with Crippen LogP contribution in [0.15, 0.2) is 41.6 Å². The Kier molecular flexibility index (Phi) is 6.25. The lowest BCUT2D eigenvalue weighted by atomic mass is 9.91. The van der Waals surface area contributed by atoms with Gasteiger partial charge in [0.2, 0.25) is 10.0 Å². The molecule has 0 atom stereocenters. The van der Waals surface area contributed by atoms with E-state index in [4.69, 9.17) is 5.14 Å². The summed E-state index contributed by atoms with van der Waals surface area (Å²) in [4.78, 5) is 8.33. The van der Waals surface area contributed by atoms with Gasteiger partial charge in [-0.3, -0.25) is 0 Å². The first-order valence-corrected chi connectivity index (χ1v) is 10.9. The van der Waals surface area contributed by atoms with Gasteiger partial charge in [-0.05, 0) is 37.1 Å². The SMILES string of the molecule is CC1CCCCC1.Cc1cc(Nc2ccc(S(N)(=O)=O)cc2)n2ncnc2n1. The monoisotopic (exact) mass is 402 g/mol. The van der Waals surface area contributed by atoms with Crippen LogP contribution in [-0.4, -0.2) is 28.0 Å². The molecule has 1 fully saturated rings. The zero-order valence-corrected chi connectivity index (χ0v) is 17.0. The Morgan fingerprint density at radius 2 is 1.82 bits per heavy atom. The van der Waals surface area contributed by atoms with Crippen molar-refractivity contribution in [1.29, 1.82) is 0 Å². The van der Waals surface area contributed by atoms with Crippen LogP contribution in [0.1, 0.15) is 44.7 Å². The van der Waals surface area contributed by atoms with Crippen LogP contribution in [0.25, 0.3) is 5.78 Å². The molecule has 28 heavy (non-hydrogen) atoms. The van der Waals surface area contributed by atoms with Crippen molar-refractivity contribution in [1.82, 2.24) is 19.6 Å². The lowest BCUT2D eigenvalue weighted by molar-refractivity contribution is 0.385. The summed E-state index contributed by atoms with van der Waals surface area (Å²) in [6, 6.07) is 7.93. The van der Waals surface area contributed by atoms with Crippen LogP contribution in [0.2, 0.25) is 0 Å². The van der Waals surface area contributed by atoms with Crippen molar-refractivity contribution >= 4 is 27.3 Å². The van der Waals surface area contributed by atoms with Gasteiger partial charge < -0.3 is 5.32 Å². The van der Waals surface area contributed by atoms with Gasteiger partial charge in [-0.2, -0.15) is 14.6 Å². The zero-order valence-electron chi connectivity index (χ0n) is 16.2. The number of anilines is 2. The van der Waals surface area contributed by atoms with Crippen molar-refractivity contribution in [2.75, 3.05) is 5.32 Å². The van der Waals surface area contributed by atoms with Crippen molar-refractivity contribution < 1.29 is 8.42 Å². The van der Waals surface area contributed by atoms with Gasteiger partial charge >= 0.3 is 0 Å². The summed E-state index contributed by atoms with van der Waals surface area (Å²) in [5.41, 5.74) is 1.49. The maximum atomic E-state index is 11.2. The highest BCUT2D eigenvalue weighted by Gasteiger charge is 2.09. The molecule has 0 radical (unpaired) electrons. The fourth-order valence-corrected chi connectivity index (χ4v) is 3.72. The molecular formula is C19H26N6O2S. The van der Waals surface area contributed by atoms with E-state index in [0.717, 1.165) is 11.6 Å².